The largest absolute Gasteiger partial charge is 0.478 e. The van der Waals surface area contributed by atoms with E-state index in [1.54, 1.807) is 18.2 Å². The Balaban J connectivity index is 1.81. The summed E-state index contributed by atoms with van der Waals surface area (Å²) in [7, 11) is 0. The number of carboxylic acids is 1. The van der Waals surface area contributed by atoms with E-state index in [2.05, 4.69) is 5.32 Å². The highest BCUT2D eigenvalue weighted by molar-refractivity contribution is 5.88. The van der Waals surface area contributed by atoms with Crippen LogP contribution in [0.3, 0.4) is 0 Å². The number of carboxylic acid groups (broad SMARTS) is 1. The molecule has 0 radical (unpaired) electrons. The van der Waals surface area contributed by atoms with Crippen molar-refractivity contribution in [1.82, 2.24) is 5.32 Å². The van der Waals surface area contributed by atoms with E-state index in [4.69, 9.17) is 5.11 Å². The molecule has 1 aliphatic carbocycles. The molecule has 1 amide bonds. The Bertz CT molecular complexity index is 452. The van der Waals surface area contributed by atoms with E-state index in [-0.39, 0.29) is 17.9 Å². The summed E-state index contributed by atoms with van der Waals surface area (Å²) in [6, 6.07) is 6.50. The van der Waals surface area contributed by atoms with Gasteiger partial charge in [0, 0.05) is 6.54 Å². The maximum atomic E-state index is 11.6. The standard InChI is InChI=1S/C14H17NO3/c16-13(15-7-6-10-4-5-10)9-11-2-1-3-12(8-11)14(17)18/h1-3,8,10H,4-7,9H2,(H,15,16)(H,17,18). The van der Waals surface area contributed by atoms with Crippen LogP contribution in [0.25, 0.3) is 0 Å². The second-order valence-electron chi connectivity index (χ2n) is 4.76. The van der Waals surface area contributed by atoms with Crippen LogP contribution in [0.15, 0.2) is 24.3 Å². The number of carbonyl (C=O) groups is 2. The molecule has 1 fully saturated rings. The zero-order chi connectivity index (χ0) is 13.0. The lowest BCUT2D eigenvalue weighted by atomic mass is 10.1. The number of amides is 1. The lowest BCUT2D eigenvalue weighted by Crippen LogP contribution is -2.26. The van der Waals surface area contributed by atoms with Crippen molar-refractivity contribution in [1.29, 1.82) is 0 Å². The van der Waals surface area contributed by atoms with Gasteiger partial charge in [0.25, 0.3) is 0 Å². The first-order chi connectivity index (χ1) is 8.65. The van der Waals surface area contributed by atoms with Crippen LogP contribution in [0.2, 0.25) is 0 Å². The van der Waals surface area contributed by atoms with E-state index in [1.165, 1.54) is 18.9 Å². The van der Waals surface area contributed by atoms with Crippen LogP contribution in [-0.4, -0.2) is 23.5 Å². The van der Waals surface area contributed by atoms with Gasteiger partial charge in [-0.1, -0.05) is 25.0 Å². The summed E-state index contributed by atoms with van der Waals surface area (Å²) in [5, 5.41) is 11.7. The summed E-state index contributed by atoms with van der Waals surface area (Å²) in [4.78, 5) is 22.4. The molecule has 0 aromatic heterocycles. The molecule has 0 heterocycles. The summed E-state index contributed by atoms with van der Waals surface area (Å²) in [6.07, 6.45) is 3.87. The Morgan fingerprint density at radius 1 is 1.33 bits per heavy atom. The predicted molar refractivity (Wildman–Crippen MR) is 67.5 cm³/mol. The fourth-order valence-electron chi connectivity index (χ4n) is 1.88. The molecule has 0 unspecified atom stereocenters. The molecule has 4 heteroatoms. The average Bonchev–Trinajstić information content (AvgIpc) is 3.13. The molecule has 1 saturated carbocycles. The number of benzene rings is 1. The van der Waals surface area contributed by atoms with Gasteiger partial charge in [0.2, 0.25) is 5.91 Å². The van der Waals surface area contributed by atoms with Crippen molar-refractivity contribution in [3.63, 3.8) is 0 Å². The van der Waals surface area contributed by atoms with Crippen molar-refractivity contribution < 1.29 is 14.7 Å². The Hall–Kier alpha value is -1.84. The molecule has 0 spiro atoms. The molecule has 0 saturated heterocycles. The third-order valence-corrected chi connectivity index (χ3v) is 3.11. The summed E-state index contributed by atoms with van der Waals surface area (Å²) >= 11 is 0. The minimum Gasteiger partial charge on any atom is -0.478 e. The van der Waals surface area contributed by atoms with Crippen molar-refractivity contribution >= 4 is 11.9 Å². The van der Waals surface area contributed by atoms with Gasteiger partial charge in [-0.2, -0.15) is 0 Å². The zero-order valence-corrected chi connectivity index (χ0v) is 10.2. The van der Waals surface area contributed by atoms with Crippen LogP contribution in [0.1, 0.15) is 35.2 Å². The normalized spacial score (nSPS) is 14.2. The van der Waals surface area contributed by atoms with Gasteiger partial charge in [-0.3, -0.25) is 4.79 Å². The zero-order valence-electron chi connectivity index (χ0n) is 10.2. The van der Waals surface area contributed by atoms with E-state index in [0.29, 0.717) is 0 Å². The van der Waals surface area contributed by atoms with Crippen molar-refractivity contribution in [3.05, 3.63) is 35.4 Å². The van der Waals surface area contributed by atoms with Crippen molar-refractivity contribution in [2.75, 3.05) is 6.54 Å². The van der Waals surface area contributed by atoms with Gasteiger partial charge in [-0.25, -0.2) is 4.79 Å². The summed E-state index contributed by atoms with van der Waals surface area (Å²) < 4.78 is 0. The molecule has 0 bridgehead atoms. The second kappa shape index (κ2) is 5.67. The van der Waals surface area contributed by atoms with Gasteiger partial charge in [0.15, 0.2) is 0 Å². The van der Waals surface area contributed by atoms with Crippen molar-refractivity contribution in [2.24, 2.45) is 5.92 Å². The molecular formula is C14H17NO3. The SMILES string of the molecule is O=C(Cc1cccc(C(=O)O)c1)NCCC1CC1. The number of hydrogen-bond donors (Lipinski definition) is 2. The van der Waals surface area contributed by atoms with Crippen molar-refractivity contribution in [2.45, 2.75) is 25.7 Å². The van der Waals surface area contributed by atoms with Crippen LogP contribution >= 0.6 is 0 Å². The molecule has 2 rings (SSSR count). The van der Waals surface area contributed by atoms with Gasteiger partial charge in [0.05, 0.1) is 12.0 Å². The molecule has 1 aromatic rings. The highest BCUT2D eigenvalue weighted by Gasteiger charge is 2.20. The average molecular weight is 247 g/mol. The first kappa shape index (κ1) is 12.6. The fraction of sp³-hybridized carbons (Fsp3) is 0.429. The van der Waals surface area contributed by atoms with Gasteiger partial charge in [-0.15, -0.1) is 0 Å². The van der Waals surface area contributed by atoms with E-state index >= 15 is 0 Å². The summed E-state index contributed by atoms with van der Waals surface area (Å²) in [5.41, 5.74) is 0.956. The van der Waals surface area contributed by atoms with Crippen LogP contribution < -0.4 is 5.32 Å². The topological polar surface area (TPSA) is 66.4 Å². The molecule has 18 heavy (non-hydrogen) atoms. The molecule has 1 aliphatic rings. The van der Waals surface area contributed by atoms with E-state index in [0.717, 1.165) is 24.4 Å². The summed E-state index contributed by atoms with van der Waals surface area (Å²) in [6.45, 7) is 0.724. The molecule has 4 nitrogen and oxygen atoms in total. The minimum absolute atomic E-state index is 0.0433. The lowest BCUT2D eigenvalue weighted by Gasteiger charge is -2.05. The van der Waals surface area contributed by atoms with Gasteiger partial charge >= 0.3 is 5.97 Å². The summed E-state index contributed by atoms with van der Waals surface area (Å²) in [5.74, 6) is -0.204. The van der Waals surface area contributed by atoms with Crippen molar-refractivity contribution in [3.8, 4) is 0 Å². The maximum absolute atomic E-state index is 11.6. The smallest absolute Gasteiger partial charge is 0.335 e. The van der Waals surface area contributed by atoms with Gasteiger partial charge < -0.3 is 10.4 Å². The molecule has 1 aromatic carbocycles. The van der Waals surface area contributed by atoms with Gasteiger partial charge in [-0.05, 0) is 30.0 Å². The molecular weight excluding hydrogens is 230 g/mol. The van der Waals surface area contributed by atoms with Crippen LogP contribution in [0.4, 0.5) is 0 Å². The Morgan fingerprint density at radius 2 is 2.11 bits per heavy atom. The first-order valence-corrected chi connectivity index (χ1v) is 6.24. The quantitative estimate of drug-likeness (QED) is 0.806. The van der Waals surface area contributed by atoms with E-state index in [1.807, 2.05) is 0 Å². The monoisotopic (exact) mass is 247 g/mol. The lowest BCUT2D eigenvalue weighted by molar-refractivity contribution is -0.120. The van der Waals surface area contributed by atoms with Gasteiger partial charge in [0.1, 0.15) is 0 Å². The second-order valence-corrected chi connectivity index (χ2v) is 4.76. The Kier molecular flexibility index (Phi) is 3.97. The predicted octanol–water partition coefficient (Wildman–Crippen LogP) is 1.84. The Morgan fingerprint density at radius 3 is 2.78 bits per heavy atom. The van der Waals surface area contributed by atoms with Crippen LogP contribution in [0.5, 0.6) is 0 Å². The first-order valence-electron chi connectivity index (χ1n) is 6.24. The third kappa shape index (κ3) is 3.87. The highest BCUT2D eigenvalue weighted by atomic mass is 16.4. The minimum atomic E-state index is -0.967. The Labute approximate surface area is 106 Å². The molecule has 0 aliphatic heterocycles. The molecule has 96 valence electrons. The fourth-order valence-corrected chi connectivity index (χ4v) is 1.88. The molecule has 2 N–H and O–H groups in total. The molecule has 0 atom stereocenters. The highest BCUT2D eigenvalue weighted by Crippen LogP contribution is 2.31. The third-order valence-electron chi connectivity index (χ3n) is 3.11. The number of hydrogen-bond acceptors (Lipinski definition) is 2. The van der Waals surface area contributed by atoms with Crippen LogP contribution in [0, 0.1) is 5.92 Å². The van der Waals surface area contributed by atoms with E-state index < -0.39 is 5.97 Å². The number of nitrogens with one attached hydrogen (secondary N) is 1. The van der Waals surface area contributed by atoms with E-state index in [9.17, 15) is 9.59 Å². The number of aromatic carboxylic acids is 1. The maximum Gasteiger partial charge on any atom is 0.335 e. The number of rotatable bonds is 6. The van der Waals surface area contributed by atoms with Crippen LogP contribution in [-0.2, 0) is 11.2 Å². The number of carbonyl (C=O) groups excluding carboxylic acids is 1.